The Hall–Kier alpha value is -0.570. The van der Waals surface area contributed by atoms with E-state index in [1.165, 1.54) is 44.9 Å². The molecule has 5 aliphatic rings. The van der Waals surface area contributed by atoms with Gasteiger partial charge in [-0.15, -0.1) is 0 Å². The van der Waals surface area contributed by atoms with Crippen LogP contribution in [0.15, 0.2) is 0 Å². The van der Waals surface area contributed by atoms with Crippen molar-refractivity contribution in [3.63, 3.8) is 0 Å². The number of carbonyl (C=O) groups is 1. The van der Waals surface area contributed by atoms with Gasteiger partial charge in [0.05, 0.1) is 0 Å². The Morgan fingerprint density at radius 2 is 1.68 bits per heavy atom. The Kier molecular flexibility index (Phi) is 2.87. The summed E-state index contributed by atoms with van der Waals surface area (Å²) in [6.45, 7) is 0.873. The third-order valence-electron chi connectivity index (χ3n) is 6.03. The van der Waals surface area contributed by atoms with Gasteiger partial charge < -0.3 is 10.6 Å². The maximum absolute atomic E-state index is 11.7. The lowest BCUT2D eigenvalue weighted by Crippen LogP contribution is -2.61. The average molecular weight is 262 g/mol. The molecule has 0 aromatic heterocycles. The van der Waals surface area contributed by atoms with Crippen molar-refractivity contribution in [3.05, 3.63) is 0 Å². The van der Waals surface area contributed by atoms with E-state index >= 15 is 0 Å². The number of hydrogen-bond donors (Lipinski definition) is 2. The van der Waals surface area contributed by atoms with Gasteiger partial charge in [-0.1, -0.05) is 0 Å². The molecule has 3 nitrogen and oxygen atoms in total. The van der Waals surface area contributed by atoms with Crippen molar-refractivity contribution >= 4 is 5.91 Å². The van der Waals surface area contributed by atoms with Crippen molar-refractivity contribution in [2.24, 2.45) is 17.8 Å². The fraction of sp³-hybridized carbons (Fsp3) is 0.938. The molecule has 0 spiro atoms. The molecule has 2 N–H and O–H groups in total. The van der Waals surface area contributed by atoms with Gasteiger partial charge in [0.15, 0.2) is 0 Å². The highest BCUT2D eigenvalue weighted by Gasteiger charge is 2.51. The van der Waals surface area contributed by atoms with E-state index in [4.69, 9.17) is 0 Å². The van der Waals surface area contributed by atoms with Crippen molar-refractivity contribution in [2.75, 3.05) is 6.54 Å². The number of nitrogens with one attached hydrogen (secondary N) is 2. The molecule has 1 atom stereocenters. The zero-order chi connectivity index (χ0) is 12.9. The molecule has 1 amide bonds. The van der Waals surface area contributed by atoms with E-state index in [1.54, 1.807) is 0 Å². The average Bonchev–Trinajstić information content (AvgIpc) is 2.51. The summed E-state index contributed by atoms with van der Waals surface area (Å²) in [5, 5.41) is 6.98. The molecule has 0 aromatic carbocycles. The van der Waals surface area contributed by atoms with Crippen LogP contribution in [0, 0.1) is 17.8 Å². The Balaban J connectivity index is 1.48. The monoisotopic (exact) mass is 262 g/mol. The summed E-state index contributed by atoms with van der Waals surface area (Å²) >= 11 is 0. The lowest BCUT2D eigenvalue weighted by molar-refractivity contribution is -0.121. The van der Waals surface area contributed by atoms with E-state index in [0.29, 0.717) is 18.0 Å². The first-order valence-corrected chi connectivity index (χ1v) is 8.25. The first kappa shape index (κ1) is 12.2. The van der Waals surface area contributed by atoms with Gasteiger partial charge in [0.1, 0.15) is 0 Å². The minimum atomic E-state index is 0.250. The third kappa shape index (κ3) is 2.31. The number of hydrogen-bond acceptors (Lipinski definition) is 2. The van der Waals surface area contributed by atoms with E-state index in [0.717, 1.165) is 30.7 Å². The highest BCUT2D eigenvalue weighted by molar-refractivity contribution is 5.76. The minimum absolute atomic E-state index is 0.250. The first-order valence-electron chi connectivity index (χ1n) is 8.25. The van der Waals surface area contributed by atoms with Crippen LogP contribution in [0.25, 0.3) is 0 Å². The molecular formula is C16H26N2O. The van der Waals surface area contributed by atoms with Crippen LogP contribution < -0.4 is 10.6 Å². The molecule has 106 valence electrons. The Labute approximate surface area is 115 Å². The molecule has 4 saturated carbocycles. The summed E-state index contributed by atoms with van der Waals surface area (Å²) in [5.74, 6) is 3.20. The highest BCUT2D eigenvalue weighted by Crippen LogP contribution is 2.55. The van der Waals surface area contributed by atoms with Crippen molar-refractivity contribution in [2.45, 2.75) is 69.4 Å². The smallest absolute Gasteiger partial charge is 0.221 e. The highest BCUT2D eigenvalue weighted by atomic mass is 16.1. The maximum Gasteiger partial charge on any atom is 0.221 e. The van der Waals surface area contributed by atoms with Crippen molar-refractivity contribution in [1.82, 2.24) is 10.6 Å². The predicted octanol–water partition coefficient (Wildman–Crippen LogP) is 2.21. The summed E-state index contributed by atoms with van der Waals surface area (Å²) in [5.41, 5.74) is 0.407. The summed E-state index contributed by atoms with van der Waals surface area (Å²) in [7, 11) is 0. The largest absolute Gasteiger partial charge is 0.356 e. The fourth-order valence-corrected chi connectivity index (χ4v) is 5.82. The zero-order valence-corrected chi connectivity index (χ0v) is 11.8. The number of amides is 1. The minimum Gasteiger partial charge on any atom is -0.356 e. The molecule has 4 aliphatic carbocycles. The molecule has 0 radical (unpaired) electrons. The van der Waals surface area contributed by atoms with Gasteiger partial charge in [0.2, 0.25) is 5.91 Å². The first-order chi connectivity index (χ1) is 9.21. The van der Waals surface area contributed by atoms with Gasteiger partial charge in [-0.05, 0) is 69.1 Å². The van der Waals surface area contributed by atoms with E-state index in [9.17, 15) is 4.79 Å². The zero-order valence-electron chi connectivity index (χ0n) is 11.8. The SMILES string of the molecule is O=C1CC(NC23CC4CC(CC(C4)C2)C3)CCCN1. The fourth-order valence-electron chi connectivity index (χ4n) is 5.82. The quantitative estimate of drug-likeness (QED) is 0.801. The van der Waals surface area contributed by atoms with E-state index in [-0.39, 0.29) is 5.91 Å². The summed E-state index contributed by atoms with van der Waals surface area (Å²) < 4.78 is 0. The van der Waals surface area contributed by atoms with Crippen LogP contribution in [-0.4, -0.2) is 24.0 Å². The summed E-state index contributed by atoms with van der Waals surface area (Å²) in [4.78, 5) is 11.7. The predicted molar refractivity (Wildman–Crippen MR) is 74.7 cm³/mol. The summed E-state index contributed by atoms with van der Waals surface area (Å²) in [6, 6.07) is 0.429. The van der Waals surface area contributed by atoms with E-state index < -0.39 is 0 Å². The lowest BCUT2D eigenvalue weighted by Gasteiger charge is -2.58. The van der Waals surface area contributed by atoms with Crippen molar-refractivity contribution < 1.29 is 4.79 Å². The maximum atomic E-state index is 11.7. The van der Waals surface area contributed by atoms with Gasteiger partial charge in [0.25, 0.3) is 0 Å². The van der Waals surface area contributed by atoms with Gasteiger partial charge in [-0.3, -0.25) is 4.79 Å². The number of rotatable bonds is 2. The second kappa shape index (κ2) is 4.47. The van der Waals surface area contributed by atoms with Gasteiger partial charge >= 0.3 is 0 Å². The van der Waals surface area contributed by atoms with Crippen LogP contribution in [0.3, 0.4) is 0 Å². The molecule has 1 heterocycles. The Morgan fingerprint density at radius 3 is 2.32 bits per heavy atom. The topological polar surface area (TPSA) is 41.1 Å². The van der Waals surface area contributed by atoms with Crippen LogP contribution in [0.5, 0.6) is 0 Å². The molecule has 5 fully saturated rings. The molecular weight excluding hydrogens is 236 g/mol. The van der Waals surface area contributed by atoms with Crippen LogP contribution >= 0.6 is 0 Å². The normalized spacial score (nSPS) is 48.9. The molecule has 5 rings (SSSR count). The van der Waals surface area contributed by atoms with E-state index in [2.05, 4.69) is 10.6 Å². The molecule has 1 aliphatic heterocycles. The van der Waals surface area contributed by atoms with Gasteiger partial charge in [-0.25, -0.2) is 0 Å². The van der Waals surface area contributed by atoms with E-state index in [1.807, 2.05) is 0 Å². The molecule has 0 aromatic rings. The molecule has 3 heteroatoms. The van der Waals surface area contributed by atoms with Gasteiger partial charge in [-0.2, -0.15) is 0 Å². The second-order valence-electron chi connectivity index (χ2n) is 7.74. The van der Waals surface area contributed by atoms with Crippen LogP contribution in [0.2, 0.25) is 0 Å². The lowest BCUT2D eigenvalue weighted by atomic mass is 9.53. The standard InChI is InChI=1S/C16H26N2O/c19-15-7-14(2-1-3-17-15)18-16-8-11-4-12(9-16)6-13(5-11)10-16/h11-14,18H,1-10H2,(H,17,19). The molecule has 19 heavy (non-hydrogen) atoms. The Morgan fingerprint density at radius 1 is 1.05 bits per heavy atom. The van der Waals surface area contributed by atoms with Crippen molar-refractivity contribution in [1.29, 1.82) is 0 Å². The summed E-state index contributed by atoms with van der Waals surface area (Å²) in [6.07, 6.45) is 11.6. The van der Waals surface area contributed by atoms with Crippen molar-refractivity contribution in [3.8, 4) is 0 Å². The number of carbonyl (C=O) groups excluding carboxylic acids is 1. The Bertz CT molecular complexity index is 344. The molecule has 4 bridgehead atoms. The molecule has 1 unspecified atom stereocenters. The third-order valence-corrected chi connectivity index (χ3v) is 6.03. The molecule has 1 saturated heterocycles. The van der Waals surface area contributed by atoms with Crippen LogP contribution in [-0.2, 0) is 4.79 Å². The van der Waals surface area contributed by atoms with Gasteiger partial charge in [0, 0.05) is 24.5 Å². The van der Waals surface area contributed by atoms with Crippen LogP contribution in [0.1, 0.15) is 57.8 Å². The second-order valence-corrected chi connectivity index (χ2v) is 7.74. The van der Waals surface area contributed by atoms with Crippen LogP contribution in [0.4, 0.5) is 0 Å².